The van der Waals surface area contributed by atoms with Crippen LogP contribution >= 0.6 is 0 Å². The number of benzene rings is 6. The Bertz CT molecular complexity index is 2390. The summed E-state index contributed by atoms with van der Waals surface area (Å²) in [4.78, 5) is 3.92. The highest BCUT2D eigenvalue weighted by Crippen LogP contribution is 2.49. The molecule has 0 unspecified atom stereocenters. The van der Waals surface area contributed by atoms with E-state index in [0.717, 1.165) is 22.6 Å². The third-order valence-corrected chi connectivity index (χ3v) is 9.01. The number of fused-ring (bicyclic) bond motifs is 3. The molecule has 10 heteroatoms. The van der Waals surface area contributed by atoms with Crippen molar-refractivity contribution >= 4 is 72.3 Å². The second kappa shape index (κ2) is 13.1. The van der Waals surface area contributed by atoms with E-state index in [-0.39, 0.29) is 5.58 Å². The Labute approximate surface area is 287 Å². The molecular formula is C40H29F3N2O4S. The summed E-state index contributed by atoms with van der Waals surface area (Å²) in [5.41, 5.74) is 0.0248. The van der Waals surface area contributed by atoms with Crippen LogP contribution in [0.3, 0.4) is 0 Å². The van der Waals surface area contributed by atoms with Gasteiger partial charge < -0.3 is 18.4 Å². The Balaban J connectivity index is 1.58. The largest absolute Gasteiger partial charge is 0.534 e. The van der Waals surface area contributed by atoms with E-state index < -0.39 is 21.4 Å². The fraction of sp³-hybridized carbons (Fsp3) is 0.0500. The van der Waals surface area contributed by atoms with Crippen LogP contribution in [0.25, 0.3) is 28.0 Å². The summed E-state index contributed by atoms with van der Waals surface area (Å²) >= 11 is 0. The molecule has 0 saturated carbocycles. The minimum Gasteiger partial charge on any atom is -0.456 e. The van der Waals surface area contributed by atoms with Crippen LogP contribution in [0, 0.1) is 0 Å². The number of halogens is 3. The molecule has 0 aliphatic rings. The predicted molar refractivity (Wildman–Crippen MR) is 193 cm³/mol. The summed E-state index contributed by atoms with van der Waals surface area (Å²) in [6, 6.07) is 44.3. The lowest BCUT2D eigenvalue weighted by atomic mass is 10.0. The molecule has 50 heavy (non-hydrogen) atoms. The summed E-state index contributed by atoms with van der Waals surface area (Å²) < 4.78 is 76.4. The van der Waals surface area contributed by atoms with E-state index in [9.17, 15) is 21.6 Å². The monoisotopic (exact) mass is 690 g/mol. The summed E-state index contributed by atoms with van der Waals surface area (Å²) in [5, 5.41) is 1.19. The molecule has 7 rings (SSSR count). The topological polar surface area (TPSA) is 63.0 Å². The summed E-state index contributed by atoms with van der Waals surface area (Å²) in [5.74, 6) is -0.554. The molecule has 6 nitrogen and oxygen atoms in total. The lowest BCUT2D eigenvalue weighted by Gasteiger charge is -2.28. The zero-order chi connectivity index (χ0) is 34.9. The molecule has 1 heterocycles. The second-order valence-corrected chi connectivity index (χ2v) is 12.9. The van der Waals surface area contributed by atoms with E-state index in [1.807, 2.05) is 145 Å². The molecule has 0 saturated heterocycles. The molecule has 250 valence electrons. The maximum atomic E-state index is 13.6. The molecule has 6 aromatic carbocycles. The maximum absolute atomic E-state index is 13.6. The van der Waals surface area contributed by atoms with E-state index in [1.165, 1.54) is 12.1 Å². The summed E-state index contributed by atoms with van der Waals surface area (Å²) in [6.45, 7) is 1.95. The lowest BCUT2D eigenvalue weighted by Crippen LogP contribution is -2.28. The lowest BCUT2D eigenvalue weighted by molar-refractivity contribution is -0.0500. The van der Waals surface area contributed by atoms with Gasteiger partial charge in [-0.05, 0) is 73.2 Å². The third kappa shape index (κ3) is 6.17. The zero-order valence-electron chi connectivity index (χ0n) is 26.6. The highest BCUT2D eigenvalue weighted by atomic mass is 32.2. The van der Waals surface area contributed by atoms with Gasteiger partial charge in [0.15, 0.2) is 0 Å². The van der Waals surface area contributed by atoms with Gasteiger partial charge >= 0.3 is 15.6 Å². The van der Waals surface area contributed by atoms with Crippen molar-refractivity contribution < 1.29 is 30.2 Å². The first-order valence-corrected chi connectivity index (χ1v) is 17.0. The molecule has 7 aromatic rings. The highest BCUT2D eigenvalue weighted by Gasteiger charge is 2.48. The first kappa shape index (κ1) is 32.5. The first-order valence-electron chi connectivity index (χ1n) is 15.6. The van der Waals surface area contributed by atoms with Gasteiger partial charge in [0.2, 0.25) is 0 Å². The molecule has 0 atom stereocenters. The first-order chi connectivity index (χ1) is 24.1. The number of furan rings is 1. The minimum absolute atomic E-state index is 0.130. The van der Waals surface area contributed by atoms with Gasteiger partial charge in [-0.3, -0.25) is 0 Å². The maximum Gasteiger partial charge on any atom is 0.534 e. The molecule has 0 N–H and O–H groups in total. The number of allylic oxidation sites excluding steroid dienone is 1. The number of alkyl halides is 3. The van der Waals surface area contributed by atoms with Crippen molar-refractivity contribution in [2.45, 2.75) is 12.4 Å². The molecule has 0 spiro atoms. The second-order valence-electron chi connectivity index (χ2n) is 11.3. The van der Waals surface area contributed by atoms with E-state index in [1.54, 1.807) is 6.07 Å². The smallest absolute Gasteiger partial charge is 0.456 e. The van der Waals surface area contributed by atoms with Crippen LogP contribution in [0.2, 0.25) is 0 Å². The van der Waals surface area contributed by atoms with Crippen LogP contribution in [0.15, 0.2) is 156 Å². The number of nitrogens with zero attached hydrogens (tertiary/aromatic N) is 2. The Hall–Kier alpha value is -6.00. The van der Waals surface area contributed by atoms with Crippen LogP contribution in [-0.2, 0) is 10.1 Å². The normalized spacial score (nSPS) is 12.1. The van der Waals surface area contributed by atoms with Gasteiger partial charge in [-0.25, -0.2) is 0 Å². The van der Waals surface area contributed by atoms with E-state index in [2.05, 4.69) is 11.0 Å². The van der Waals surface area contributed by atoms with E-state index in [0.29, 0.717) is 33.4 Å². The van der Waals surface area contributed by atoms with Crippen LogP contribution in [0.1, 0.15) is 12.5 Å². The Morgan fingerprint density at radius 2 is 1.12 bits per heavy atom. The standard InChI is InChI=1S/C40H29F3N2O4S/c1-2-14-28-15-12-22-32(25-28)45(31-20-10-5-11-21-31)34-23-13-24-36-38(34)39-35(26-33(27-37(39)48-36)49-50(46,47)40(41,42)43)44(29-16-6-3-7-17-29)30-18-8-4-9-19-30/h2-27H,1H3/b14-2+. The van der Waals surface area contributed by atoms with Crippen molar-refractivity contribution in [3.05, 3.63) is 157 Å². The molecule has 1 aromatic heterocycles. The molecule has 0 radical (unpaired) electrons. The van der Waals surface area contributed by atoms with Crippen molar-refractivity contribution in [3.63, 3.8) is 0 Å². The number of anilines is 6. The van der Waals surface area contributed by atoms with Gasteiger partial charge in [0.25, 0.3) is 0 Å². The van der Waals surface area contributed by atoms with Crippen LogP contribution in [0.5, 0.6) is 5.75 Å². The van der Waals surface area contributed by atoms with Crippen LogP contribution in [0.4, 0.5) is 47.3 Å². The number of hydrogen-bond donors (Lipinski definition) is 0. The number of hydrogen-bond acceptors (Lipinski definition) is 6. The van der Waals surface area contributed by atoms with Crippen LogP contribution in [-0.4, -0.2) is 13.9 Å². The SMILES string of the molecule is C/C=C/c1cccc(N(c2ccccc2)c2cccc3oc4cc(OS(=O)(=O)C(F)(F)F)cc(N(c5ccccc5)c5ccccc5)c4c23)c1. The summed E-state index contributed by atoms with van der Waals surface area (Å²) in [7, 11) is -6.00. The van der Waals surface area contributed by atoms with Gasteiger partial charge in [0.05, 0.1) is 22.1 Å². The van der Waals surface area contributed by atoms with Gasteiger partial charge in [-0.15, -0.1) is 0 Å². The minimum atomic E-state index is -6.00. The Morgan fingerprint density at radius 1 is 0.600 bits per heavy atom. The Morgan fingerprint density at radius 3 is 1.68 bits per heavy atom. The number of rotatable bonds is 9. The van der Waals surface area contributed by atoms with E-state index >= 15 is 0 Å². The number of para-hydroxylation sites is 3. The van der Waals surface area contributed by atoms with Crippen molar-refractivity contribution in [2.75, 3.05) is 9.80 Å². The third-order valence-electron chi connectivity index (χ3n) is 8.03. The predicted octanol–water partition coefficient (Wildman–Crippen LogP) is 11.8. The highest BCUT2D eigenvalue weighted by molar-refractivity contribution is 7.88. The van der Waals surface area contributed by atoms with Crippen molar-refractivity contribution in [1.82, 2.24) is 0 Å². The summed E-state index contributed by atoms with van der Waals surface area (Å²) in [6.07, 6.45) is 3.97. The fourth-order valence-electron chi connectivity index (χ4n) is 6.01. The van der Waals surface area contributed by atoms with Crippen molar-refractivity contribution in [1.29, 1.82) is 0 Å². The average molecular weight is 691 g/mol. The Kier molecular flexibility index (Phi) is 8.55. The van der Waals surface area contributed by atoms with Gasteiger partial charge in [0.1, 0.15) is 16.9 Å². The van der Waals surface area contributed by atoms with Gasteiger partial charge in [-0.2, -0.15) is 21.6 Å². The zero-order valence-corrected chi connectivity index (χ0v) is 27.4. The van der Waals surface area contributed by atoms with Crippen LogP contribution < -0.4 is 14.0 Å². The van der Waals surface area contributed by atoms with Crippen molar-refractivity contribution in [3.8, 4) is 5.75 Å². The molecule has 0 bridgehead atoms. The van der Waals surface area contributed by atoms with Gasteiger partial charge in [0, 0.05) is 34.9 Å². The molecule has 0 aliphatic heterocycles. The molecule has 0 aliphatic carbocycles. The van der Waals surface area contributed by atoms with E-state index in [4.69, 9.17) is 8.60 Å². The van der Waals surface area contributed by atoms with Gasteiger partial charge in [-0.1, -0.05) is 84.9 Å². The fourth-order valence-corrected chi connectivity index (χ4v) is 6.46. The molecule has 0 fully saturated rings. The molecular weight excluding hydrogens is 662 g/mol. The average Bonchev–Trinajstić information content (AvgIpc) is 3.49. The molecule has 0 amide bonds. The van der Waals surface area contributed by atoms with Crippen molar-refractivity contribution in [2.24, 2.45) is 0 Å². The quantitative estimate of drug-likeness (QED) is 0.111.